The molecule has 0 aliphatic rings. The van der Waals surface area contributed by atoms with Gasteiger partial charge in [-0.05, 0) is 17.7 Å². The van der Waals surface area contributed by atoms with Crippen LogP contribution in [0.1, 0.15) is 18.2 Å². The highest BCUT2D eigenvalue weighted by molar-refractivity contribution is 5.72. The first-order chi connectivity index (χ1) is 9.65. The lowest BCUT2D eigenvalue weighted by Crippen LogP contribution is -2.17. The largest absolute Gasteiger partial charge is 0.461 e. The van der Waals surface area contributed by atoms with E-state index in [2.05, 4.69) is 4.98 Å². The normalized spacial score (nSPS) is 11.9. The van der Waals surface area contributed by atoms with E-state index in [1.54, 1.807) is 13.0 Å². The molecule has 0 aliphatic carbocycles. The molecule has 0 aliphatic heterocycles. The number of esters is 1. The van der Waals surface area contributed by atoms with Crippen LogP contribution in [0.25, 0.3) is 0 Å². The highest BCUT2D eigenvalue weighted by Crippen LogP contribution is 2.10. The molecule has 0 N–H and O–H groups in total. The molecule has 4 heteroatoms. The topological polar surface area (TPSA) is 39.2 Å². The van der Waals surface area contributed by atoms with Gasteiger partial charge in [0.15, 0.2) is 0 Å². The third kappa shape index (κ3) is 4.16. The SMILES string of the molecule is C[C@@H](Cc1ccc(F)cn1)C(=O)OCc1ccccc1. The van der Waals surface area contributed by atoms with Gasteiger partial charge in [-0.3, -0.25) is 9.78 Å². The number of carbonyl (C=O) groups excluding carboxylic acids is 1. The number of rotatable bonds is 5. The number of benzene rings is 1. The second-order valence-corrected chi connectivity index (χ2v) is 4.67. The second kappa shape index (κ2) is 6.80. The van der Waals surface area contributed by atoms with Crippen LogP contribution in [0.5, 0.6) is 0 Å². The maximum Gasteiger partial charge on any atom is 0.309 e. The van der Waals surface area contributed by atoms with Crippen LogP contribution in [0.3, 0.4) is 0 Å². The van der Waals surface area contributed by atoms with Crippen molar-refractivity contribution in [1.82, 2.24) is 4.98 Å². The van der Waals surface area contributed by atoms with E-state index >= 15 is 0 Å². The molecule has 1 heterocycles. The predicted molar refractivity (Wildman–Crippen MR) is 73.3 cm³/mol. The lowest BCUT2D eigenvalue weighted by molar-refractivity contribution is -0.149. The number of ether oxygens (including phenoxy) is 1. The van der Waals surface area contributed by atoms with Gasteiger partial charge in [0, 0.05) is 12.1 Å². The lowest BCUT2D eigenvalue weighted by Gasteiger charge is -2.11. The molecule has 2 aromatic rings. The van der Waals surface area contributed by atoms with Crippen molar-refractivity contribution in [2.45, 2.75) is 20.0 Å². The van der Waals surface area contributed by atoms with Crippen molar-refractivity contribution in [3.63, 3.8) is 0 Å². The Labute approximate surface area is 117 Å². The van der Waals surface area contributed by atoms with E-state index in [4.69, 9.17) is 4.74 Å². The molecule has 0 bridgehead atoms. The fourth-order valence-corrected chi connectivity index (χ4v) is 1.80. The minimum atomic E-state index is -0.381. The zero-order chi connectivity index (χ0) is 14.4. The van der Waals surface area contributed by atoms with Crippen LogP contribution in [-0.2, 0) is 22.6 Å². The highest BCUT2D eigenvalue weighted by Gasteiger charge is 2.15. The second-order valence-electron chi connectivity index (χ2n) is 4.67. The van der Waals surface area contributed by atoms with E-state index in [1.807, 2.05) is 30.3 Å². The third-order valence-corrected chi connectivity index (χ3v) is 2.93. The van der Waals surface area contributed by atoms with Gasteiger partial charge < -0.3 is 4.74 Å². The summed E-state index contributed by atoms with van der Waals surface area (Å²) in [6.07, 6.45) is 1.59. The Morgan fingerprint density at radius 3 is 2.65 bits per heavy atom. The molecule has 0 amide bonds. The molecule has 1 atom stereocenters. The minimum Gasteiger partial charge on any atom is -0.461 e. The van der Waals surface area contributed by atoms with Crippen LogP contribution in [0.4, 0.5) is 4.39 Å². The van der Waals surface area contributed by atoms with Crippen LogP contribution >= 0.6 is 0 Å². The first kappa shape index (κ1) is 14.2. The summed E-state index contributed by atoms with van der Waals surface area (Å²) in [5, 5.41) is 0. The zero-order valence-corrected chi connectivity index (χ0v) is 11.3. The first-order valence-electron chi connectivity index (χ1n) is 6.46. The summed E-state index contributed by atoms with van der Waals surface area (Å²) in [6.45, 7) is 2.04. The van der Waals surface area contributed by atoms with Crippen molar-refractivity contribution in [2.24, 2.45) is 5.92 Å². The van der Waals surface area contributed by atoms with Gasteiger partial charge >= 0.3 is 5.97 Å². The fraction of sp³-hybridized carbons (Fsp3) is 0.250. The van der Waals surface area contributed by atoms with Gasteiger partial charge in [0.1, 0.15) is 12.4 Å². The third-order valence-electron chi connectivity index (χ3n) is 2.93. The Balaban J connectivity index is 1.84. The summed E-state index contributed by atoms with van der Waals surface area (Å²) in [4.78, 5) is 15.8. The number of carbonyl (C=O) groups is 1. The van der Waals surface area contributed by atoms with Gasteiger partial charge in [0.25, 0.3) is 0 Å². The van der Waals surface area contributed by atoms with E-state index < -0.39 is 0 Å². The van der Waals surface area contributed by atoms with Crippen LogP contribution in [0.2, 0.25) is 0 Å². The molecule has 1 aromatic carbocycles. The monoisotopic (exact) mass is 273 g/mol. The molecule has 0 saturated carbocycles. The molecule has 0 radical (unpaired) electrons. The van der Waals surface area contributed by atoms with E-state index in [-0.39, 0.29) is 24.3 Å². The van der Waals surface area contributed by atoms with Crippen molar-refractivity contribution in [3.05, 3.63) is 65.7 Å². The number of hydrogen-bond donors (Lipinski definition) is 0. The maximum atomic E-state index is 12.7. The Hall–Kier alpha value is -2.23. The quantitative estimate of drug-likeness (QED) is 0.786. The summed E-state index contributed by atoms with van der Waals surface area (Å²) in [6, 6.07) is 12.4. The summed E-state index contributed by atoms with van der Waals surface area (Å²) >= 11 is 0. The van der Waals surface area contributed by atoms with Crippen molar-refractivity contribution in [3.8, 4) is 0 Å². The lowest BCUT2D eigenvalue weighted by atomic mass is 10.1. The highest BCUT2D eigenvalue weighted by atomic mass is 19.1. The van der Waals surface area contributed by atoms with E-state index in [1.165, 1.54) is 6.07 Å². The molecule has 3 nitrogen and oxygen atoms in total. The van der Waals surface area contributed by atoms with Gasteiger partial charge in [0.2, 0.25) is 0 Å². The first-order valence-corrected chi connectivity index (χ1v) is 6.46. The molecule has 0 saturated heterocycles. The molecule has 2 rings (SSSR count). The molecular formula is C16H16FNO2. The Bertz CT molecular complexity index is 554. The average Bonchev–Trinajstić information content (AvgIpc) is 2.48. The van der Waals surface area contributed by atoms with E-state index in [0.717, 1.165) is 11.8 Å². The Kier molecular flexibility index (Phi) is 4.82. The Morgan fingerprint density at radius 2 is 2.00 bits per heavy atom. The van der Waals surface area contributed by atoms with E-state index in [0.29, 0.717) is 12.1 Å². The minimum absolute atomic E-state index is 0.265. The predicted octanol–water partition coefficient (Wildman–Crippen LogP) is 3.14. The van der Waals surface area contributed by atoms with Gasteiger partial charge in [0.05, 0.1) is 12.1 Å². The van der Waals surface area contributed by atoms with Gasteiger partial charge in [-0.15, -0.1) is 0 Å². The Morgan fingerprint density at radius 1 is 1.25 bits per heavy atom. The number of halogens is 1. The van der Waals surface area contributed by atoms with Crippen LogP contribution < -0.4 is 0 Å². The van der Waals surface area contributed by atoms with Gasteiger partial charge in [-0.2, -0.15) is 0 Å². The molecule has 104 valence electrons. The van der Waals surface area contributed by atoms with Crippen molar-refractivity contribution >= 4 is 5.97 Å². The summed E-state index contributed by atoms with van der Waals surface area (Å²) < 4.78 is 18.0. The van der Waals surface area contributed by atoms with Gasteiger partial charge in [-0.1, -0.05) is 37.3 Å². The standard InChI is InChI=1S/C16H16FNO2/c1-12(9-15-8-7-14(17)10-18-15)16(19)20-11-13-5-3-2-4-6-13/h2-8,10,12H,9,11H2,1H3/t12-/m0/s1. The van der Waals surface area contributed by atoms with Crippen LogP contribution in [0.15, 0.2) is 48.7 Å². The molecule has 1 aromatic heterocycles. The number of hydrogen-bond acceptors (Lipinski definition) is 3. The molecule has 0 spiro atoms. The molecule has 0 fully saturated rings. The van der Waals surface area contributed by atoms with Crippen molar-refractivity contribution in [2.75, 3.05) is 0 Å². The number of nitrogens with zero attached hydrogens (tertiary/aromatic N) is 1. The average molecular weight is 273 g/mol. The fourth-order valence-electron chi connectivity index (χ4n) is 1.80. The van der Waals surface area contributed by atoms with Crippen LogP contribution in [0, 0.1) is 11.7 Å². The summed E-state index contributed by atoms with van der Waals surface area (Å²) in [5.41, 5.74) is 1.63. The summed E-state index contributed by atoms with van der Waals surface area (Å²) in [5.74, 6) is -0.968. The van der Waals surface area contributed by atoms with E-state index in [9.17, 15) is 9.18 Å². The number of aromatic nitrogens is 1. The maximum absolute atomic E-state index is 12.7. The molecular weight excluding hydrogens is 257 g/mol. The molecule has 0 unspecified atom stereocenters. The van der Waals surface area contributed by atoms with Crippen molar-refractivity contribution in [1.29, 1.82) is 0 Å². The van der Waals surface area contributed by atoms with Crippen LogP contribution in [-0.4, -0.2) is 11.0 Å². The van der Waals surface area contributed by atoms with Crippen molar-refractivity contribution < 1.29 is 13.9 Å². The van der Waals surface area contributed by atoms with Gasteiger partial charge in [-0.25, -0.2) is 4.39 Å². The number of pyridine rings is 1. The smallest absolute Gasteiger partial charge is 0.309 e. The summed E-state index contributed by atoms with van der Waals surface area (Å²) in [7, 11) is 0. The zero-order valence-electron chi connectivity index (χ0n) is 11.3. The molecule has 20 heavy (non-hydrogen) atoms.